The average molecular weight is 588 g/mol. The SMILES string of the molecule is CN(C)c1cccc2c(S(=O)(=O)NCCNC(=O)c3cc(N4C(=O)C=CC4=O)cc(N4C(=O)C=CC4=O)c3)cccc12. The third kappa shape index (κ3) is 5.30. The smallest absolute Gasteiger partial charge is 0.258 e. The van der Waals surface area contributed by atoms with Gasteiger partial charge in [-0.05, 0) is 30.3 Å². The summed E-state index contributed by atoms with van der Waals surface area (Å²) >= 11 is 0. The van der Waals surface area contributed by atoms with E-state index in [4.69, 9.17) is 0 Å². The summed E-state index contributed by atoms with van der Waals surface area (Å²) in [6.45, 7) is -0.262. The number of benzene rings is 3. The van der Waals surface area contributed by atoms with Crippen molar-refractivity contribution >= 4 is 67.4 Å². The number of sulfonamides is 1. The monoisotopic (exact) mass is 587 g/mol. The number of carbonyl (C=O) groups excluding carboxylic acids is 5. The number of imide groups is 2. The maximum atomic E-state index is 13.2. The molecule has 2 N–H and O–H groups in total. The van der Waals surface area contributed by atoms with Crippen LogP contribution >= 0.6 is 0 Å². The molecule has 5 rings (SSSR count). The van der Waals surface area contributed by atoms with E-state index >= 15 is 0 Å². The highest BCUT2D eigenvalue weighted by atomic mass is 32.2. The lowest BCUT2D eigenvalue weighted by Crippen LogP contribution is -2.35. The van der Waals surface area contributed by atoms with Crippen LogP contribution in [0.25, 0.3) is 10.8 Å². The molecule has 13 heteroatoms. The van der Waals surface area contributed by atoms with Crippen LogP contribution in [0.3, 0.4) is 0 Å². The van der Waals surface area contributed by atoms with E-state index in [-0.39, 0.29) is 34.9 Å². The largest absolute Gasteiger partial charge is 0.377 e. The van der Waals surface area contributed by atoms with Crippen LogP contribution in [0.15, 0.2) is 83.8 Å². The molecule has 0 unspecified atom stereocenters. The van der Waals surface area contributed by atoms with Crippen LogP contribution in [0.4, 0.5) is 17.1 Å². The Balaban J connectivity index is 1.33. The molecular formula is C29H25N5O7S. The van der Waals surface area contributed by atoms with Crippen molar-refractivity contribution in [3.05, 3.63) is 84.5 Å². The Labute approximate surface area is 240 Å². The number of amides is 5. The summed E-state index contributed by atoms with van der Waals surface area (Å²) in [4.78, 5) is 65.8. The number of hydrogen-bond acceptors (Lipinski definition) is 8. The van der Waals surface area contributed by atoms with Crippen molar-refractivity contribution in [2.75, 3.05) is 41.9 Å². The lowest BCUT2D eigenvalue weighted by atomic mass is 10.1. The molecule has 3 aromatic carbocycles. The molecule has 0 saturated carbocycles. The number of anilines is 3. The molecule has 3 aromatic rings. The van der Waals surface area contributed by atoms with Crippen molar-refractivity contribution in [3.63, 3.8) is 0 Å². The predicted molar refractivity (Wildman–Crippen MR) is 156 cm³/mol. The second-order valence-corrected chi connectivity index (χ2v) is 11.3. The first-order chi connectivity index (χ1) is 20.0. The van der Waals surface area contributed by atoms with Crippen LogP contribution in [-0.2, 0) is 29.2 Å². The van der Waals surface area contributed by atoms with Crippen molar-refractivity contribution in [2.45, 2.75) is 4.90 Å². The van der Waals surface area contributed by atoms with Crippen molar-refractivity contribution in [1.82, 2.24) is 10.0 Å². The van der Waals surface area contributed by atoms with Gasteiger partial charge in [0.2, 0.25) is 10.0 Å². The Morgan fingerprint density at radius 3 is 1.81 bits per heavy atom. The molecule has 2 aliphatic heterocycles. The maximum Gasteiger partial charge on any atom is 0.258 e. The summed E-state index contributed by atoms with van der Waals surface area (Å²) < 4.78 is 28.8. The topological polar surface area (TPSA) is 153 Å². The Morgan fingerprint density at radius 2 is 1.26 bits per heavy atom. The number of rotatable bonds is 9. The van der Waals surface area contributed by atoms with E-state index in [9.17, 15) is 32.4 Å². The number of hydrogen-bond donors (Lipinski definition) is 2. The highest BCUT2D eigenvalue weighted by Crippen LogP contribution is 2.31. The van der Waals surface area contributed by atoms with Gasteiger partial charge in [-0.15, -0.1) is 0 Å². The van der Waals surface area contributed by atoms with Crippen molar-refractivity contribution in [1.29, 1.82) is 0 Å². The molecule has 5 amide bonds. The molecule has 0 spiro atoms. The van der Waals surface area contributed by atoms with Crippen LogP contribution in [0, 0.1) is 0 Å². The van der Waals surface area contributed by atoms with Gasteiger partial charge in [-0.3, -0.25) is 24.0 Å². The average Bonchev–Trinajstić information content (AvgIpc) is 3.48. The lowest BCUT2D eigenvalue weighted by molar-refractivity contribution is -0.121. The summed E-state index contributed by atoms with van der Waals surface area (Å²) in [5.41, 5.74) is 0.771. The number of carbonyl (C=O) groups is 5. The van der Waals surface area contributed by atoms with Gasteiger partial charge in [0.1, 0.15) is 0 Å². The minimum Gasteiger partial charge on any atom is -0.377 e. The van der Waals surface area contributed by atoms with Gasteiger partial charge in [-0.2, -0.15) is 0 Å². The predicted octanol–water partition coefficient (Wildman–Crippen LogP) is 1.47. The van der Waals surface area contributed by atoms with E-state index < -0.39 is 39.6 Å². The molecule has 0 fully saturated rings. The van der Waals surface area contributed by atoms with Crippen molar-refractivity contribution < 1.29 is 32.4 Å². The molecule has 0 aromatic heterocycles. The zero-order valence-electron chi connectivity index (χ0n) is 22.5. The van der Waals surface area contributed by atoms with Crippen LogP contribution in [0.2, 0.25) is 0 Å². The number of nitrogens with zero attached hydrogens (tertiary/aromatic N) is 3. The van der Waals surface area contributed by atoms with Gasteiger partial charge in [-0.25, -0.2) is 22.9 Å². The molecule has 0 bridgehead atoms. The van der Waals surface area contributed by atoms with Gasteiger partial charge in [-0.1, -0.05) is 24.3 Å². The third-order valence-corrected chi connectivity index (χ3v) is 8.15. The van der Waals surface area contributed by atoms with Crippen molar-refractivity contribution in [3.8, 4) is 0 Å². The Hall–Kier alpha value is -5.14. The van der Waals surface area contributed by atoms with Gasteiger partial charge < -0.3 is 10.2 Å². The van der Waals surface area contributed by atoms with Crippen LogP contribution in [0.5, 0.6) is 0 Å². The minimum atomic E-state index is -3.95. The fraction of sp³-hybridized carbons (Fsp3) is 0.138. The Kier molecular flexibility index (Phi) is 7.45. The quantitative estimate of drug-likeness (QED) is 0.282. The Bertz CT molecular complexity index is 1750. The van der Waals surface area contributed by atoms with E-state index in [1.54, 1.807) is 18.2 Å². The van der Waals surface area contributed by atoms with Gasteiger partial charge in [0.05, 0.1) is 16.3 Å². The summed E-state index contributed by atoms with van der Waals surface area (Å²) in [6, 6.07) is 14.2. The van der Waals surface area contributed by atoms with Crippen LogP contribution in [0.1, 0.15) is 10.4 Å². The van der Waals surface area contributed by atoms with Gasteiger partial charge in [0.15, 0.2) is 0 Å². The van der Waals surface area contributed by atoms with Crippen molar-refractivity contribution in [2.24, 2.45) is 0 Å². The van der Waals surface area contributed by atoms with Gasteiger partial charge >= 0.3 is 0 Å². The lowest BCUT2D eigenvalue weighted by Gasteiger charge is -2.20. The van der Waals surface area contributed by atoms with Crippen LogP contribution in [-0.4, -0.2) is 65.1 Å². The third-order valence-electron chi connectivity index (χ3n) is 6.63. The summed E-state index contributed by atoms with van der Waals surface area (Å²) in [5, 5.41) is 3.90. The fourth-order valence-corrected chi connectivity index (χ4v) is 5.98. The van der Waals surface area contributed by atoms with Gasteiger partial charge in [0.25, 0.3) is 29.5 Å². The van der Waals surface area contributed by atoms with E-state index in [0.29, 0.717) is 5.39 Å². The first kappa shape index (κ1) is 28.4. The zero-order valence-corrected chi connectivity index (χ0v) is 23.3. The molecule has 0 aliphatic carbocycles. The Morgan fingerprint density at radius 1 is 0.738 bits per heavy atom. The minimum absolute atomic E-state index is 0.0149. The number of fused-ring (bicyclic) bond motifs is 1. The van der Waals surface area contributed by atoms with Crippen LogP contribution < -0.4 is 24.7 Å². The van der Waals surface area contributed by atoms with E-state index in [2.05, 4.69) is 10.0 Å². The maximum absolute atomic E-state index is 13.2. The van der Waals surface area contributed by atoms with Gasteiger partial charge in [0, 0.05) is 73.5 Å². The first-order valence-electron chi connectivity index (χ1n) is 12.7. The normalized spacial score (nSPS) is 14.9. The van der Waals surface area contributed by atoms with E-state index in [0.717, 1.165) is 45.2 Å². The standard InChI is InChI=1S/C29H25N5O7S/c1-32(2)23-7-3-6-22-21(23)5-4-8-24(22)42(40,41)31-14-13-30-29(39)18-15-19(33-25(35)9-10-26(33)36)17-20(16-18)34-27(37)11-12-28(34)38/h3-12,15-17,31H,13-14H2,1-2H3,(H,30,39). The molecule has 0 saturated heterocycles. The highest BCUT2D eigenvalue weighted by Gasteiger charge is 2.30. The number of nitrogens with one attached hydrogen (secondary N) is 2. The molecular weight excluding hydrogens is 562 g/mol. The first-order valence-corrected chi connectivity index (χ1v) is 14.2. The molecule has 0 atom stereocenters. The zero-order chi connectivity index (χ0) is 30.2. The molecule has 2 aliphatic rings. The molecule has 0 radical (unpaired) electrons. The van der Waals surface area contributed by atoms with E-state index in [1.807, 2.05) is 31.1 Å². The highest BCUT2D eigenvalue weighted by molar-refractivity contribution is 7.89. The molecule has 214 valence electrons. The summed E-state index contributed by atoms with van der Waals surface area (Å²) in [7, 11) is -0.217. The summed E-state index contributed by atoms with van der Waals surface area (Å²) in [5.74, 6) is -3.29. The second kappa shape index (κ2) is 11.0. The fourth-order valence-electron chi connectivity index (χ4n) is 4.72. The molecule has 2 heterocycles. The second-order valence-electron chi connectivity index (χ2n) is 9.61. The molecule has 42 heavy (non-hydrogen) atoms. The van der Waals surface area contributed by atoms with E-state index in [1.165, 1.54) is 24.3 Å². The summed E-state index contributed by atoms with van der Waals surface area (Å²) in [6.07, 6.45) is 4.25. The molecule has 12 nitrogen and oxygen atoms in total.